The number of ether oxygens (including phenoxy) is 1. The van der Waals surface area contributed by atoms with Crippen LogP contribution in [0, 0.1) is 5.92 Å². The summed E-state index contributed by atoms with van der Waals surface area (Å²) in [5.41, 5.74) is 0.435. The Balaban J connectivity index is 1.87. The minimum Gasteiger partial charge on any atom is -0.481 e. The summed E-state index contributed by atoms with van der Waals surface area (Å²) in [6.07, 6.45) is 4.15. The van der Waals surface area contributed by atoms with Crippen LogP contribution >= 0.6 is 0 Å². The van der Waals surface area contributed by atoms with Gasteiger partial charge in [-0.1, -0.05) is 0 Å². The van der Waals surface area contributed by atoms with Crippen LogP contribution in [0.2, 0.25) is 0 Å². The highest BCUT2D eigenvalue weighted by Gasteiger charge is 2.29. The SMILES string of the molecule is CCOC(=O)C1CCN(C(=O)c2cnn(CCC(=O)O)c2)CC1. The lowest BCUT2D eigenvalue weighted by atomic mass is 9.96. The molecular formula is C15H21N3O5. The Hall–Kier alpha value is -2.38. The van der Waals surface area contributed by atoms with Crippen LogP contribution in [0.1, 0.15) is 36.5 Å². The molecule has 8 heteroatoms. The van der Waals surface area contributed by atoms with Gasteiger partial charge in [-0.3, -0.25) is 19.1 Å². The second-order valence-electron chi connectivity index (χ2n) is 5.45. The van der Waals surface area contributed by atoms with Crippen molar-refractivity contribution >= 4 is 17.8 Å². The number of nitrogens with zero attached hydrogens (tertiary/aromatic N) is 3. The summed E-state index contributed by atoms with van der Waals surface area (Å²) in [4.78, 5) is 36.3. The zero-order valence-electron chi connectivity index (χ0n) is 13.1. The summed E-state index contributed by atoms with van der Waals surface area (Å²) < 4.78 is 6.46. The van der Waals surface area contributed by atoms with Gasteiger partial charge in [-0.15, -0.1) is 0 Å². The van der Waals surface area contributed by atoms with Crippen LogP contribution in [0.15, 0.2) is 12.4 Å². The monoisotopic (exact) mass is 323 g/mol. The maximum absolute atomic E-state index is 12.4. The maximum atomic E-state index is 12.4. The molecule has 0 saturated carbocycles. The number of carbonyl (C=O) groups excluding carboxylic acids is 2. The average Bonchev–Trinajstić information content (AvgIpc) is 3.01. The molecule has 1 saturated heterocycles. The van der Waals surface area contributed by atoms with Crippen molar-refractivity contribution < 1.29 is 24.2 Å². The summed E-state index contributed by atoms with van der Waals surface area (Å²) in [5.74, 6) is -1.39. The van der Waals surface area contributed by atoms with E-state index in [0.29, 0.717) is 38.1 Å². The van der Waals surface area contributed by atoms with Gasteiger partial charge < -0.3 is 14.7 Å². The number of carboxylic acids is 1. The van der Waals surface area contributed by atoms with Crippen LogP contribution in [-0.2, 0) is 20.9 Å². The van der Waals surface area contributed by atoms with E-state index in [1.807, 2.05) is 0 Å². The molecule has 1 fully saturated rings. The van der Waals surface area contributed by atoms with Crippen LogP contribution in [0.25, 0.3) is 0 Å². The molecule has 2 heterocycles. The van der Waals surface area contributed by atoms with Gasteiger partial charge in [0.1, 0.15) is 0 Å². The smallest absolute Gasteiger partial charge is 0.309 e. The molecule has 1 amide bonds. The van der Waals surface area contributed by atoms with Gasteiger partial charge in [0, 0.05) is 19.3 Å². The number of esters is 1. The Morgan fingerprint density at radius 1 is 1.35 bits per heavy atom. The summed E-state index contributed by atoms with van der Waals surface area (Å²) >= 11 is 0. The summed E-state index contributed by atoms with van der Waals surface area (Å²) in [6.45, 7) is 3.38. The lowest BCUT2D eigenvalue weighted by molar-refractivity contribution is -0.149. The van der Waals surface area contributed by atoms with Gasteiger partial charge in [-0.2, -0.15) is 5.10 Å². The zero-order valence-corrected chi connectivity index (χ0v) is 13.1. The number of rotatable bonds is 6. The maximum Gasteiger partial charge on any atom is 0.309 e. The Morgan fingerprint density at radius 2 is 2.04 bits per heavy atom. The largest absolute Gasteiger partial charge is 0.481 e. The number of aliphatic carboxylic acids is 1. The first-order valence-electron chi connectivity index (χ1n) is 7.71. The van der Waals surface area contributed by atoms with E-state index in [9.17, 15) is 14.4 Å². The van der Waals surface area contributed by atoms with E-state index in [1.165, 1.54) is 10.9 Å². The van der Waals surface area contributed by atoms with Crippen molar-refractivity contribution in [3.05, 3.63) is 18.0 Å². The minimum absolute atomic E-state index is 0.0414. The molecule has 0 spiro atoms. The number of likely N-dealkylation sites (tertiary alicyclic amines) is 1. The molecule has 0 bridgehead atoms. The highest BCUT2D eigenvalue weighted by molar-refractivity contribution is 5.93. The molecule has 0 unspecified atom stereocenters. The minimum atomic E-state index is -0.908. The van der Waals surface area contributed by atoms with Crippen LogP contribution in [-0.4, -0.2) is 57.3 Å². The molecule has 8 nitrogen and oxygen atoms in total. The molecule has 0 atom stereocenters. The second kappa shape index (κ2) is 7.75. The Labute approximate surface area is 134 Å². The van der Waals surface area contributed by atoms with Crippen molar-refractivity contribution in [3.63, 3.8) is 0 Å². The third kappa shape index (κ3) is 4.54. The fourth-order valence-corrected chi connectivity index (χ4v) is 2.57. The molecule has 1 aliphatic rings. The molecule has 0 radical (unpaired) electrons. The zero-order chi connectivity index (χ0) is 16.8. The van der Waals surface area contributed by atoms with Crippen molar-refractivity contribution in [1.82, 2.24) is 14.7 Å². The molecule has 126 valence electrons. The normalized spacial score (nSPS) is 15.4. The van der Waals surface area contributed by atoms with Gasteiger partial charge >= 0.3 is 11.9 Å². The van der Waals surface area contributed by atoms with Crippen molar-refractivity contribution in [2.75, 3.05) is 19.7 Å². The number of amides is 1. The molecule has 23 heavy (non-hydrogen) atoms. The van der Waals surface area contributed by atoms with Crippen molar-refractivity contribution in [2.45, 2.75) is 32.7 Å². The number of piperidine rings is 1. The van der Waals surface area contributed by atoms with Gasteiger partial charge in [-0.05, 0) is 19.8 Å². The van der Waals surface area contributed by atoms with Gasteiger partial charge in [-0.25, -0.2) is 0 Å². The van der Waals surface area contributed by atoms with Crippen molar-refractivity contribution in [1.29, 1.82) is 0 Å². The number of hydrogen-bond acceptors (Lipinski definition) is 5. The number of carboxylic acid groups (broad SMARTS) is 1. The van der Waals surface area contributed by atoms with Crippen molar-refractivity contribution in [3.8, 4) is 0 Å². The number of carbonyl (C=O) groups is 3. The first kappa shape index (κ1) is 17.0. The lowest BCUT2D eigenvalue weighted by Gasteiger charge is -2.30. The molecule has 0 aliphatic carbocycles. The highest BCUT2D eigenvalue weighted by Crippen LogP contribution is 2.20. The predicted molar refractivity (Wildman–Crippen MR) is 79.7 cm³/mol. The van der Waals surface area contributed by atoms with Crippen molar-refractivity contribution in [2.24, 2.45) is 5.92 Å². The number of hydrogen-bond donors (Lipinski definition) is 1. The van der Waals surface area contributed by atoms with E-state index in [2.05, 4.69) is 5.10 Å². The first-order chi connectivity index (χ1) is 11.0. The molecule has 1 aliphatic heterocycles. The average molecular weight is 323 g/mol. The molecule has 1 aromatic rings. The topological polar surface area (TPSA) is 102 Å². The lowest BCUT2D eigenvalue weighted by Crippen LogP contribution is -2.40. The van der Waals surface area contributed by atoms with Crippen LogP contribution in [0.4, 0.5) is 0 Å². The van der Waals surface area contributed by atoms with Gasteiger partial charge in [0.15, 0.2) is 0 Å². The van der Waals surface area contributed by atoms with Crippen LogP contribution < -0.4 is 0 Å². The van der Waals surface area contributed by atoms with Gasteiger partial charge in [0.25, 0.3) is 5.91 Å². The second-order valence-corrected chi connectivity index (χ2v) is 5.45. The standard InChI is InChI=1S/C15H21N3O5/c1-2-23-15(22)11-3-6-17(7-4-11)14(21)12-9-16-18(10-12)8-5-13(19)20/h9-11H,2-8H2,1H3,(H,19,20). The molecule has 2 rings (SSSR count). The first-order valence-corrected chi connectivity index (χ1v) is 7.71. The Kier molecular flexibility index (Phi) is 5.72. The summed E-state index contributed by atoms with van der Waals surface area (Å²) in [6, 6.07) is 0. The Bertz CT molecular complexity index is 575. The predicted octanol–water partition coefficient (Wildman–Crippen LogP) is 0.773. The van der Waals surface area contributed by atoms with E-state index in [4.69, 9.17) is 9.84 Å². The van der Waals surface area contributed by atoms with Crippen LogP contribution in [0.3, 0.4) is 0 Å². The Morgan fingerprint density at radius 3 is 2.65 bits per heavy atom. The van der Waals surface area contributed by atoms with E-state index in [1.54, 1.807) is 18.0 Å². The molecule has 1 aromatic heterocycles. The van der Waals surface area contributed by atoms with E-state index < -0.39 is 5.97 Å². The fraction of sp³-hybridized carbons (Fsp3) is 0.600. The van der Waals surface area contributed by atoms with E-state index >= 15 is 0 Å². The number of aromatic nitrogens is 2. The summed E-state index contributed by atoms with van der Waals surface area (Å²) in [7, 11) is 0. The molecule has 0 aromatic carbocycles. The molecule has 1 N–H and O–H groups in total. The third-order valence-electron chi connectivity index (χ3n) is 3.84. The fourth-order valence-electron chi connectivity index (χ4n) is 2.57. The highest BCUT2D eigenvalue weighted by atomic mass is 16.5. The van der Waals surface area contributed by atoms with Gasteiger partial charge in [0.05, 0.1) is 37.3 Å². The summed E-state index contributed by atoms with van der Waals surface area (Å²) in [5, 5.41) is 12.7. The van der Waals surface area contributed by atoms with E-state index in [-0.39, 0.29) is 30.8 Å². The van der Waals surface area contributed by atoms with E-state index in [0.717, 1.165) is 0 Å². The quantitative estimate of drug-likeness (QED) is 0.776. The molecular weight excluding hydrogens is 302 g/mol. The number of aryl methyl sites for hydroxylation is 1. The van der Waals surface area contributed by atoms with Crippen LogP contribution in [0.5, 0.6) is 0 Å². The third-order valence-corrected chi connectivity index (χ3v) is 3.84. The van der Waals surface area contributed by atoms with Gasteiger partial charge in [0.2, 0.25) is 0 Å².